The van der Waals surface area contributed by atoms with Gasteiger partial charge in [-0.3, -0.25) is 0 Å². The second-order valence-corrected chi connectivity index (χ2v) is 16.2. The van der Waals surface area contributed by atoms with Gasteiger partial charge in [-0.2, -0.15) is 0 Å². The minimum atomic E-state index is -0.438. The van der Waals surface area contributed by atoms with Crippen molar-refractivity contribution in [2.75, 3.05) is 19.8 Å². The van der Waals surface area contributed by atoms with Gasteiger partial charge in [-0.15, -0.1) is 0 Å². The highest BCUT2D eigenvalue weighted by Gasteiger charge is 2.13. The number of unbranched alkanes of at least 4 members (excludes halogenated alkanes) is 7. The van der Waals surface area contributed by atoms with Gasteiger partial charge in [0, 0.05) is 6.08 Å². The molecule has 340 valence electrons. The highest BCUT2D eigenvalue weighted by molar-refractivity contribution is 5.93. The fraction of sp³-hybridized carbons (Fsp3) is 0.259. The first-order valence-electron chi connectivity index (χ1n) is 23.0. The van der Waals surface area contributed by atoms with E-state index >= 15 is 0 Å². The van der Waals surface area contributed by atoms with E-state index in [1.165, 1.54) is 31.8 Å². The monoisotopic (exact) mass is 884 g/mol. The van der Waals surface area contributed by atoms with Gasteiger partial charge in [0.1, 0.15) is 23.0 Å². The number of benzene rings is 6. The lowest BCUT2D eigenvalue weighted by atomic mass is 9.97. The van der Waals surface area contributed by atoms with Crippen molar-refractivity contribution in [3.8, 4) is 45.3 Å². The standard InChI is InChI=1S/C58H60O8/c1-5-7-8-9-12-39-62-52-31-27-48(28-32-52)46-15-19-50(20-16-46)57(60)65-54-35-23-44(24-36-54)42(3)43(4)45-25-37-55(38-26-45)66-58(61)51-21-17-47(18-22-51)49-29-33-53(34-30-49)63-40-13-10-11-14-41-64-56(59)6-2/h6,15-38H,2,5,7-14,39-41H2,1,3-4H3/b43-42-. The number of allylic oxidation sites excluding steroid dienone is 2. The highest BCUT2D eigenvalue weighted by Crippen LogP contribution is 2.30. The largest absolute Gasteiger partial charge is 0.494 e. The Morgan fingerprint density at radius 1 is 0.409 bits per heavy atom. The molecule has 0 bridgehead atoms. The number of carbonyl (C=O) groups is 3. The Bertz CT molecular complexity index is 2500. The maximum Gasteiger partial charge on any atom is 0.343 e. The second kappa shape index (κ2) is 25.3. The molecule has 0 radical (unpaired) electrons. The summed E-state index contributed by atoms with van der Waals surface area (Å²) in [6, 6.07) is 45.7. The van der Waals surface area contributed by atoms with Crippen LogP contribution in [0, 0.1) is 0 Å². The van der Waals surface area contributed by atoms with Gasteiger partial charge in [0.2, 0.25) is 0 Å². The van der Waals surface area contributed by atoms with Crippen molar-refractivity contribution in [1.82, 2.24) is 0 Å². The number of esters is 3. The van der Waals surface area contributed by atoms with Crippen LogP contribution < -0.4 is 18.9 Å². The maximum atomic E-state index is 13.1. The average molecular weight is 885 g/mol. The molecule has 0 atom stereocenters. The Hall–Kier alpha value is -7.19. The van der Waals surface area contributed by atoms with Crippen molar-refractivity contribution in [1.29, 1.82) is 0 Å². The minimum absolute atomic E-state index is 0.384. The molecule has 8 heteroatoms. The number of hydrogen-bond acceptors (Lipinski definition) is 8. The third-order valence-electron chi connectivity index (χ3n) is 11.4. The summed E-state index contributed by atoms with van der Waals surface area (Å²) in [6.45, 7) is 11.5. The Morgan fingerprint density at radius 3 is 1.09 bits per heavy atom. The average Bonchev–Trinajstić information content (AvgIpc) is 3.36. The molecule has 0 unspecified atom stereocenters. The number of rotatable bonds is 24. The van der Waals surface area contributed by atoms with Gasteiger partial charge >= 0.3 is 17.9 Å². The van der Waals surface area contributed by atoms with E-state index in [-0.39, 0.29) is 5.97 Å². The summed E-state index contributed by atoms with van der Waals surface area (Å²) < 4.78 is 28.2. The lowest BCUT2D eigenvalue weighted by Gasteiger charge is -2.11. The van der Waals surface area contributed by atoms with Gasteiger partial charge in [0.05, 0.1) is 30.9 Å². The predicted octanol–water partition coefficient (Wildman–Crippen LogP) is 14.4. The quantitative estimate of drug-likeness (QED) is 0.0195. The molecular weight excluding hydrogens is 825 g/mol. The normalized spacial score (nSPS) is 11.3. The molecule has 6 aromatic carbocycles. The van der Waals surface area contributed by atoms with Crippen LogP contribution in [0.3, 0.4) is 0 Å². The Kier molecular flexibility index (Phi) is 18.5. The molecule has 6 rings (SSSR count). The molecular formula is C58H60O8. The van der Waals surface area contributed by atoms with Crippen molar-refractivity contribution in [2.45, 2.75) is 78.6 Å². The van der Waals surface area contributed by atoms with E-state index in [9.17, 15) is 14.4 Å². The Balaban J connectivity index is 0.935. The van der Waals surface area contributed by atoms with E-state index in [2.05, 4.69) is 13.5 Å². The minimum Gasteiger partial charge on any atom is -0.494 e. The van der Waals surface area contributed by atoms with Crippen LogP contribution in [-0.4, -0.2) is 37.7 Å². The van der Waals surface area contributed by atoms with Gasteiger partial charge < -0.3 is 23.7 Å². The van der Waals surface area contributed by atoms with Crippen LogP contribution >= 0.6 is 0 Å². The summed E-state index contributed by atoms with van der Waals surface area (Å²) in [6.07, 6.45) is 10.9. The molecule has 0 heterocycles. The van der Waals surface area contributed by atoms with Crippen molar-refractivity contribution in [2.24, 2.45) is 0 Å². The van der Waals surface area contributed by atoms with E-state index in [0.717, 1.165) is 94.7 Å². The van der Waals surface area contributed by atoms with Crippen LogP contribution in [0.2, 0.25) is 0 Å². The molecule has 0 aliphatic heterocycles. The second-order valence-electron chi connectivity index (χ2n) is 16.2. The van der Waals surface area contributed by atoms with Crippen molar-refractivity contribution in [3.63, 3.8) is 0 Å². The zero-order valence-corrected chi connectivity index (χ0v) is 38.4. The maximum absolute atomic E-state index is 13.1. The summed E-state index contributed by atoms with van der Waals surface area (Å²) in [7, 11) is 0. The van der Waals surface area contributed by atoms with Gasteiger partial charge in [0.25, 0.3) is 0 Å². The van der Waals surface area contributed by atoms with E-state index in [1.54, 1.807) is 48.5 Å². The molecule has 0 saturated carbocycles. The zero-order valence-electron chi connectivity index (χ0n) is 38.4. The molecule has 0 fully saturated rings. The lowest BCUT2D eigenvalue weighted by molar-refractivity contribution is -0.137. The topological polar surface area (TPSA) is 97.4 Å². The molecule has 0 saturated heterocycles. The van der Waals surface area contributed by atoms with Crippen LogP contribution in [0.5, 0.6) is 23.0 Å². The van der Waals surface area contributed by atoms with Crippen molar-refractivity contribution in [3.05, 3.63) is 181 Å². The summed E-state index contributed by atoms with van der Waals surface area (Å²) in [4.78, 5) is 37.2. The Morgan fingerprint density at radius 2 is 0.727 bits per heavy atom. The molecule has 8 nitrogen and oxygen atoms in total. The smallest absolute Gasteiger partial charge is 0.343 e. The summed E-state index contributed by atoms with van der Waals surface area (Å²) in [5, 5.41) is 0. The van der Waals surface area contributed by atoms with Gasteiger partial charge in [-0.1, -0.05) is 112 Å². The van der Waals surface area contributed by atoms with Gasteiger partial charge in [-0.25, -0.2) is 14.4 Å². The number of hydrogen-bond donors (Lipinski definition) is 0. The van der Waals surface area contributed by atoms with Crippen molar-refractivity contribution < 1.29 is 38.1 Å². The third-order valence-corrected chi connectivity index (χ3v) is 11.4. The molecule has 6 aromatic rings. The molecule has 0 aliphatic rings. The first-order chi connectivity index (χ1) is 32.2. The van der Waals surface area contributed by atoms with Crippen LogP contribution in [0.4, 0.5) is 0 Å². The van der Waals surface area contributed by atoms with Gasteiger partial charge in [-0.05, 0) is 163 Å². The summed E-state index contributed by atoms with van der Waals surface area (Å²) >= 11 is 0. The summed E-state index contributed by atoms with van der Waals surface area (Å²) in [5.74, 6) is 1.33. The molecule has 0 aliphatic carbocycles. The van der Waals surface area contributed by atoms with E-state index in [1.807, 2.05) is 111 Å². The molecule has 66 heavy (non-hydrogen) atoms. The van der Waals surface area contributed by atoms with Crippen LogP contribution in [0.15, 0.2) is 158 Å². The fourth-order valence-electron chi connectivity index (χ4n) is 7.27. The number of ether oxygens (including phenoxy) is 5. The highest BCUT2D eigenvalue weighted by atomic mass is 16.5. The van der Waals surface area contributed by atoms with Crippen LogP contribution in [0.1, 0.15) is 110 Å². The van der Waals surface area contributed by atoms with Gasteiger partial charge in [0.15, 0.2) is 0 Å². The molecule has 0 spiro atoms. The van der Waals surface area contributed by atoms with E-state index < -0.39 is 11.9 Å². The lowest BCUT2D eigenvalue weighted by Crippen LogP contribution is -2.08. The SMILES string of the molecule is C=CC(=O)OCCCCCCOc1ccc(-c2ccc(C(=O)Oc3ccc(/C(C)=C(/C)c4ccc(OC(=O)c5ccc(-c6ccc(OCCCCCCC)cc6)cc5)cc4)cc3)cc2)cc1. The van der Waals surface area contributed by atoms with Crippen molar-refractivity contribution >= 4 is 29.1 Å². The van der Waals surface area contributed by atoms with E-state index in [4.69, 9.17) is 23.7 Å². The molecule has 0 amide bonds. The first kappa shape index (κ1) is 48.3. The van der Waals surface area contributed by atoms with E-state index in [0.29, 0.717) is 35.8 Å². The molecule has 0 aromatic heterocycles. The zero-order chi connectivity index (χ0) is 46.5. The van der Waals surface area contributed by atoms with Crippen LogP contribution in [-0.2, 0) is 9.53 Å². The third kappa shape index (κ3) is 14.7. The fourth-order valence-corrected chi connectivity index (χ4v) is 7.27. The number of carbonyl (C=O) groups excluding carboxylic acids is 3. The van der Waals surface area contributed by atoms with Crippen LogP contribution in [0.25, 0.3) is 33.4 Å². The summed E-state index contributed by atoms with van der Waals surface area (Å²) in [5.41, 5.74) is 9.06. The molecule has 0 N–H and O–H groups in total. The predicted molar refractivity (Wildman–Crippen MR) is 264 cm³/mol. The first-order valence-corrected chi connectivity index (χ1v) is 23.0. The Labute approximate surface area is 389 Å².